The molecule has 0 unspecified atom stereocenters. The van der Waals surface area contributed by atoms with Crippen molar-refractivity contribution in [1.29, 1.82) is 0 Å². The zero-order chi connectivity index (χ0) is 14.4. The zero-order valence-electron chi connectivity index (χ0n) is 11.4. The van der Waals surface area contributed by atoms with Gasteiger partial charge in [0.05, 0.1) is 12.2 Å². The van der Waals surface area contributed by atoms with Gasteiger partial charge in [0.1, 0.15) is 5.75 Å². The number of carbonyl (C=O) groups excluding carboxylic acids is 1. The highest BCUT2D eigenvalue weighted by atomic mass is 79.9. The highest BCUT2D eigenvalue weighted by molar-refractivity contribution is 9.10. The van der Waals surface area contributed by atoms with Crippen LogP contribution >= 0.6 is 15.9 Å². The molecule has 1 aliphatic carbocycles. The van der Waals surface area contributed by atoms with Gasteiger partial charge in [0.2, 0.25) is 5.91 Å². The Labute approximate surface area is 127 Å². The number of ether oxygens (including phenoxy) is 1. The number of benzene rings is 1. The fourth-order valence-corrected chi connectivity index (χ4v) is 2.47. The van der Waals surface area contributed by atoms with E-state index in [0.29, 0.717) is 26.0 Å². The van der Waals surface area contributed by atoms with Crippen molar-refractivity contribution in [3.8, 4) is 5.75 Å². The molecule has 0 spiro atoms. The minimum atomic E-state index is -0.650. The van der Waals surface area contributed by atoms with Gasteiger partial charge < -0.3 is 15.2 Å². The normalized spacial score (nSPS) is 16.3. The van der Waals surface area contributed by atoms with E-state index in [-0.39, 0.29) is 5.91 Å². The fourth-order valence-electron chi connectivity index (χ4n) is 2.09. The molecule has 0 aliphatic heterocycles. The van der Waals surface area contributed by atoms with Crippen LogP contribution in [0.4, 0.5) is 0 Å². The maximum absolute atomic E-state index is 11.6. The zero-order valence-corrected chi connectivity index (χ0v) is 13.0. The van der Waals surface area contributed by atoms with Crippen LogP contribution < -0.4 is 10.1 Å². The lowest BCUT2D eigenvalue weighted by Gasteiger charge is -2.36. The Bertz CT molecular complexity index is 460. The van der Waals surface area contributed by atoms with Crippen LogP contribution in [0.3, 0.4) is 0 Å². The van der Waals surface area contributed by atoms with E-state index in [2.05, 4.69) is 21.2 Å². The van der Waals surface area contributed by atoms with Gasteiger partial charge in [-0.05, 0) is 43.9 Å². The number of aliphatic hydroxyl groups is 1. The Balaban J connectivity index is 1.57. The van der Waals surface area contributed by atoms with E-state index >= 15 is 0 Å². The number of amides is 1. The van der Waals surface area contributed by atoms with Crippen molar-refractivity contribution in [3.05, 3.63) is 28.7 Å². The minimum Gasteiger partial charge on any atom is -0.494 e. The maximum atomic E-state index is 11.6. The number of nitrogens with one attached hydrogen (secondary N) is 1. The van der Waals surface area contributed by atoms with E-state index in [0.717, 1.165) is 29.5 Å². The molecule has 1 fully saturated rings. The van der Waals surface area contributed by atoms with E-state index in [1.165, 1.54) is 0 Å². The second kappa shape index (κ2) is 7.09. The molecule has 2 N–H and O–H groups in total. The fraction of sp³-hybridized carbons (Fsp3) is 0.533. The lowest BCUT2D eigenvalue weighted by molar-refractivity contribution is -0.123. The van der Waals surface area contributed by atoms with Crippen LogP contribution in [0.2, 0.25) is 0 Å². The van der Waals surface area contributed by atoms with Gasteiger partial charge in [-0.2, -0.15) is 0 Å². The van der Waals surface area contributed by atoms with E-state index in [1.807, 2.05) is 24.3 Å². The van der Waals surface area contributed by atoms with Crippen LogP contribution in [0.1, 0.15) is 32.1 Å². The van der Waals surface area contributed by atoms with Gasteiger partial charge in [-0.3, -0.25) is 4.79 Å². The van der Waals surface area contributed by atoms with Crippen LogP contribution in [0, 0.1) is 0 Å². The van der Waals surface area contributed by atoms with Crippen molar-refractivity contribution in [3.63, 3.8) is 0 Å². The molecular formula is C15H20BrNO3. The highest BCUT2D eigenvalue weighted by Gasteiger charge is 2.34. The Kier molecular flexibility index (Phi) is 5.43. The topological polar surface area (TPSA) is 58.6 Å². The summed E-state index contributed by atoms with van der Waals surface area (Å²) in [5.41, 5.74) is -0.650. The largest absolute Gasteiger partial charge is 0.494 e. The summed E-state index contributed by atoms with van der Waals surface area (Å²) in [6.45, 7) is 0.881. The molecule has 4 nitrogen and oxygen atoms in total. The number of hydrogen-bond donors (Lipinski definition) is 2. The summed E-state index contributed by atoms with van der Waals surface area (Å²) in [5, 5.41) is 12.6. The van der Waals surface area contributed by atoms with E-state index in [1.54, 1.807) is 0 Å². The first-order chi connectivity index (χ1) is 9.57. The maximum Gasteiger partial charge on any atom is 0.220 e. The van der Waals surface area contributed by atoms with Crippen LogP contribution in [-0.4, -0.2) is 29.8 Å². The van der Waals surface area contributed by atoms with E-state index in [4.69, 9.17) is 4.74 Å². The Morgan fingerprint density at radius 1 is 1.45 bits per heavy atom. The summed E-state index contributed by atoms with van der Waals surface area (Å²) in [6.07, 6.45) is 3.71. The third-order valence-corrected chi connectivity index (χ3v) is 4.01. The second-order valence-corrected chi connectivity index (χ2v) is 6.18. The Hall–Kier alpha value is -1.07. The third kappa shape index (κ3) is 4.80. The molecule has 0 aromatic heterocycles. The van der Waals surface area contributed by atoms with Gasteiger partial charge in [0.15, 0.2) is 0 Å². The number of hydrogen-bond acceptors (Lipinski definition) is 3. The molecule has 1 aromatic rings. The molecule has 5 heteroatoms. The molecule has 0 bridgehead atoms. The first-order valence-corrected chi connectivity index (χ1v) is 7.74. The predicted octanol–water partition coefficient (Wildman–Crippen LogP) is 2.64. The summed E-state index contributed by atoms with van der Waals surface area (Å²) in [6, 6.07) is 7.63. The smallest absolute Gasteiger partial charge is 0.220 e. The molecule has 1 aliphatic rings. The summed E-state index contributed by atoms with van der Waals surface area (Å²) in [7, 11) is 0. The first kappa shape index (κ1) is 15.3. The van der Waals surface area contributed by atoms with Crippen molar-refractivity contribution in [2.24, 2.45) is 0 Å². The van der Waals surface area contributed by atoms with Gasteiger partial charge >= 0.3 is 0 Å². The van der Waals surface area contributed by atoms with Crippen LogP contribution in [0.15, 0.2) is 28.7 Å². The van der Waals surface area contributed by atoms with Gasteiger partial charge in [0, 0.05) is 17.4 Å². The first-order valence-electron chi connectivity index (χ1n) is 6.95. The summed E-state index contributed by atoms with van der Waals surface area (Å²) >= 11 is 3.38. The predicted molar refractivity (Wildman–Crippen MR) is 80.7 cm³/mol. The SMILES string of the molecule is O=C(CCCOc1cccc(Br)c1)NCC1(O)CCC1. The quantitative estimate of drug-likeness (QED) is 0.749. The lowest BCUT2D eigenvalue weighted by Crippen LogP contribution is -2.47. The van der Waals surface area contributed by atoms with Crippen LogP contribution in [-0.2, 0) is 4.79 Å². The van der Waals surface area contributed by atoms with Gasteiger partial charge in [-0.25, -0.2) is 0 Å². The summed E-state index contributed by atoms with van der Waals surface area (Å²) in [5.74, 6) is 0.770. The number of carbonyl (C=O) groups is 1. The molecule has 1 amide bonds. The van der Waals surface area contributed by atoms with Crippen LogP contribution in [0.5, 0.6) is 5.75 Å². The molecule has 2 rings (SSSR count). The number of rotatable bonds is 7. The average Bonchev–Trinajstić information content (AvgIpc) is 2.39. The van der Waals surface area contributed by atoms with Crippen molar-refractivity contribution < 1.29 is 14.6 Å². The van der Waals surface area contributed by atoms with Crippen molar-refractivity contribution in [1.82, 2.24) is 5.32 Å². The summed E-state index contributed by atoms with van der Waals surface area (Å²) in [4.78, 5) is 11.6. The average molecular weight is 342 g/mol. The minimum absolute atomic E-state index is 0.0248. The van der Waals surface area contributed by atoms with Gasteiger partial charge in [-0.15, -0.1) is 0 Å². The Morgan fingerprint density at radius 3 is 2.90 bits per heavy atom. The molecule has 1 saturated carbocycles. The molecular weight excluding hydrogens is 322 g/mol. The summed E-state index contributed by atoms with van der Waals surface area (Å²) < 4.78 is 6.53. The van der Waals surface area contributed by atoms with Gasteiger partial charge in [-0.1, -0.05) is 22.0 Å². The molecule has 0 atom stereocenters. The molecule has 20 heavy (non-hydrogen) atoms. The monoisotopic (exact) mass is 341 g/mol. The molecule has 110 valence electrons. The molecule has 0 heterocycles. The standard InChI is InChI=1S/C15H20BrNO3/c16-12-4-1-5-13(10-12)20-9-2-6-14(18)17-11-15(19)7-3-8-15/h1,4-5,10,19H,2-3,6-9,11H2,(H,17,18). The molecule has 0 radical (unpaired) electrons. The highest BCUT2D eigenvalue weighted by Crippen LogP contribution is 2.30. The second-order valence-electron chi connectivity index (χ2n) is 5.26. The molecule has 0 saturated heterocycles. The molecule has 1 aromatic carbocycles. The lowest BCUT2D eigenvalue weighted by atomic mass is 9.80. The Morgan fingerprint density at radius 2 is 2.25 bits per heavy atom. The van der Waals surface area contributed by atoms with Crippen LogP contribution in [0.25, 0.3) is 0 Å². The van der Waals surface area contributed by atoms with Gasteiger partial charge in [0.25, 0.3) is 0 Å². The van der Waals surface area contributed by atoms with Crippen molar-refractivity contribution >= 4 is 21.8 Å². The van der Waals surface area contributed by atoms with Crippen molar-refractivity contribution in [2.75, 3.05) is 13.2 Å². The van der Waals surface area contributed by atoms with E-state index < -0.39 is 5.60 Å². The number of halogens is 1. The van der Waals surface area contributed by atoms with Crippen molar-refractivity contribution in [2.45, 2.75) is 37.7 Å². The third-order valence-electron chi connectivity index (χ3n) is 3.51. The van der Waals surface area contributed by atoms with E-state index in [9.17, 15) is 9.90 Å².